The molecule has 4 aliphatic carbocycles. The summed E-state index contributed by atoms with van der Waals surface area (Å²) < 4.78 is 36.1. The summed E-state index contributed by atoms with van der Waals surface area (Å²) in [4.78, 5) is 0. The van der Waals surface area contributed by atoms with Gasteiger partial charge in [0.1, 0.15) is 0 Å². The molecule has 5 aliphatic heterocycles. The van der Waals surface area contributed by atoms with Gasteiger partial charge < -0.3 is 0 Å². The van der Waals surface area contributed by atoms with Crippen molar-refractivity contribution < 1.29 is 29.5 Å². The molecular formula is C32H56N8NiO3S. The Morgan fingerprint density at radius 3 is 0.956 bits per heavy atom. The van der Waals surface area contributed by atoms with E-state index in [1.54, 1.807) is 0 Å². The summed E-state index contributed by atoms with van der Waals surface area (Å²) in [6.07, 6.45) is 18.9. The molecule has 0 aromatic carbocycles. The fourth-order valence-electron chi connectivity index (χ4n) is 12.3. The molecule has 5 saturated heterocycles. The monoisotopic (exact) mass is 690 g/mol. The Morgan fingerprint density at radius 1 is 0.378 bits per heavy atom. The number of fused-ring (bicyclic) bond motifs is 20. The van der Waals surface area contributed by atoms with Crippen molar-refractivity contribution in [3.63, 3.8) is 0 Å². The van der Waals surface area contributed by atoms with Crippen LogP contribution in [-0.2, 0) is 26.6 Å². The van der Waals surface area contributed by atoms with Gasteiger partial charge in [-0.2, -0.15) is 8.42 Å². The van der Waals surface area contributed by atoms with Crippen LogP contribution in [0.3, 0.4) is 0 Å². The predicted octanol–water partition coefficient (Wildman–Crippen LogP) is 1.47. The van der Waals surface area contributed by atoms with Gasteiger partial charge in [-0.3, -0.25) is 47.1 Å². The maximum absolute atomic E-state index is 12.8. The first kappa shape index (κ1) is 32.3. The third-order valence-corrected chi connectivity index (χ3v) is 15.5. The van der Waals surface area contributed by atoms with E-state index in [-0.39, 0.29) is 65.3 Å². The zero-order valence-corrected chi connectivity index (χ0v) is 28.2. The third kappa shape index (κ3) is 5.70. The molecular weight excluding hydrogens is 635 g/mol. The van der Waals surface area contributed by atoms with Crippen molar-refractivity contribution >= 4 is 10.1 Å². The van der Waals surface area contributed by atoms with Crippen molar-refractivity contribution in [1.82, 2.24) is 42.5 Å². The predicted molar refractivity (Wildman–Crippen MR) is 168 cm³/mol. The zero-order chi connectivity index (χ0) is 29.6. The Morgan fingerprint density at radius 2 is 0.644 bits per heavy atom. The van der Waals surface area contributed by atoms with Crippen LogP contribution in [0.2, 0.25) is 0 Å². The Bertz CT molecular complexity index is 1180. The van der Waals surface area contributed by atoms with Gasteiger partial charge in [0, 0.05) is 22.4 Å². The first-order valence-corrected chi connectivity index (χ1v) is 20.0. The summed E-state index contributed by atoms with van der Waals surface area (Å²) in [5, 5.41) is 31.8. The molecule has 9 fully saturated rings. The number of nitrogens with one attached hydrogen (secondary N) is 8. The van der Waals surface area contributed by atoms with Gasteiger partial charge in [-0.25, -0.2) is 0 Å². The van der Waals surface area contributed by atoms with E-state index in [9.17, 15) is 13.0 Å². The molecule has 17 unspecified atom stereocenters. The SMILES string of the molecule is O=S(=O)(O)C1CCCC2C3NC4NC(NC5NC(NC6NC(NC(N3)C21)C1CCCCC61)C1CCCCC51)C1CCCCC41.[Ni]. The van der Waals surface area contributed by atoms with E-state index in [1.165, 1.54) is 77.0 Å². The molecule has 9 rings (SSSR count). The van der Waals surface area contributed by atoms with Gasteiger partial charge in [-0.05, 0) is 92.8 Å². The summed E-state index contributed by atoms with van der Waals surface area (Å²) >= 11 is 0. The van der Waals surface area contributed by atoms with Crippen LogP contribution in [0.4, 0.5) is 0 Å². The van der Waals surface area contributed by atoms with E-state index < -0.39 is 15.4 Å². The van der Waals surface area contributed by atoms with E-state index in [4.69, 9.17) is 0 Å². The first-order valence-electron chi connectivity index (χ1n) is 18.5. The van der Waals surface area contributed by atoms with E-state index >= 15 is 0 Å². The minimum atomic E-state index is -4.16. The number of hydrogen-bond donors (Lipinski definition) is 9. The molecule has 0 amide bonds. The largest absolute Gasteiger partial charge is 0.286 e. The fourth-order valence-corrected chi connectivity index (χ4v) is 13.6. The molecule has 258 valence electrons. The van der Waals surface area contributed by atoms with Crippen molar-refractivity contribution in [3.8, 4) is 0 Å². The summed E-state index contributed by atoms with van der Waals surface area (Å²) in [6.45, 7) is 0. The molecule has 9 N–H and O–H groups in total. The van der Waals surface area contributed by atoms with Crippen LogP contribution in [0.5, 0.6) is 0 Å². The van der Waals surface area contributed by atoms with Gasteiger partial charge >= 0.3 is 0 Å². The summed E-state index contributed by atoms with van der Waals surface area (Å²) in [5.41, 5.74) is 0. The third-order valence-electron chi connectivity index (χ3n) is 14.2. The van der Waals surface area contributed by atoms with Crippen LogP contribution in [-0.4, -0.2) is 67.5 Å². The average Bonchev–Trinajstić information content (AvgIpc) is 3.76. The summed E-state index contributed by atoms with van der Waals surface area (Å²) in [7, 11) is -4.16. The van der Waals surface area contributed by atoms with Crippen LogP contribution in [0.15, 0.2) is 0 Å². The molecule has 45 heavy (non-hydrogen) atoms. The Balaban J connectivity index is 0.00000300. The maximum atomic E-state index is 12.8. The molecule has 0 radical (unpaired) electrons. The molecule has 0 aromatic rings. The molecule has 4 saturated carbocycles. The van der Waals surface area contributed by atoms with Gasteiger partial charge in [0.15, 0.2) is 0 Å². The van der Waals surface area contributed by atoms with Crippen molar-refractivity contribution in [3.05, 3.63) is 0 Å². The second-order valence-electron chi connectivity index (χ2n) is 16.2. The van der Waals surface area contributed by atoms with Gasteiger partial charge in [0.05, 0.1) is 54.6 Å². The summed E-state index contributed by atoms with van der Waals surface area (Å²) in [6, 6.07) is 0. The van der Waals surface area contributed by atoms with Gasteiger partial charge in [0.2, 0.25) is 0 Å². The van der Waals surface area contributed by atoms with Crippen LogP contribution in [0.1, 0.15) is 96.3 Å². The van der Waals surface area contributed by atoms with Crippen molar-refractivity contribution in [2.75, 3.05) is 0 Å². The standard InChI is InChI=1S/C32H56N8O3S.Ni/c41-44(42,43)23-15-7-14-22-24(23)32-39-30-21-13-6-5-12-20(21)28(37-30)35-26-17-9-2-1-8-16(17)25(33-26)34-27-18-10-3-4-11-19(18)29(36-27)38-31(22)40-32;/h16-40H,1-15H2,(H,41,42,43);. The van der Waals surface area contributed by atoms with E-state index in [0.717, 1.165) is 12.8 Å². The normalized spacial score (nSPS) is 54.3. The second-order valence-corrected chi connectivity index (χ2v) is 17.9. The van der Waals surface area contributed by atoms with Crippen molar-refractivity contribution in [1.29, 1.82) is 0 Å². The molecule has 13 heteroatoms. The van der Waals surface area contributed by atoms with Gasteiger partial charge in [-0.1, -0.05) is 44.9 Å². The number of hydrogen-bond acceptors (Lipinski definition) is 10. The molecule has 8 bridgehead atoms. The Labute approximate surface area is 279 Å². The Hall–Kier alpha value is 0.0835. The molecule has 11 nitrogen and oxygen atoms in total. The fraction of sp³-hybridized carbons (Fsp3) is 1.00. The summed E-state index contributed by atoms with van der Waals surface area (Å²) in [5.74, 6) is 3.50. The molecule has 0 spiro atoms. The van der Waals surface area contributed by atoms with E-state index in [0.29, 0.717) is 54.3 Å². The molecule has 5 heterocycles. The minimum Gasteiger partial charge on any atom is -0.286 e. The molecule has 9 aliphatic rings. The van der Waals surface area contributed by atoms with E-state index in [1.807, 2.05) is 0 Å². The van der Waals surface area contributed by atoms with Crippen LogP contribution in [0.25, 0.3) is 0 Å². The van der Waals surface area contributed by atoms with Crippen LogP contribution in [0, 0.1) is 47.3 Å². The average molecular weight is 692 g/mol. The second kappa shape index (κ2) is 12.8. The van der Waals surface area contributed by atoms with E-state index in [2.05, 4.69) is 42.5 Å². The van der Waals surface area contributed by atoms with Gasteiger partial charge in [0.25, 0.3) is 10.1 Å². The minimum absolute atomic E-state index is 0. The Kier molecular flexibility index (Phi) is 9.16. The van der Waals surface area contributed by atoms with Crippen molar-refractivity contribution in [2.45, 2.75) is 151 Å². The molecule has 17 atom stereocenters. The van der Waals surface area contributed by atoms with Crippen LogP contribution >= 0.6 is 0 Å². The van der Waals surface area contributed by atoms with Crippen LogP contribution < -0.4 is 42.5 Å². The maximum Gasteiger partial charge on any atom is 0.268 e. The van der Waals surface area contributed by atoms with Gasteiger partial charge in [-0.15, -0.1) is 0 Å². The smallest absolute Gasteiger partial charge is 0.268 e. The first-order chi connectivity index (χ1) is 21.4. The zero-order valence-electron chi connectivity index (χ0n) is 26.4. The molecule has 0 aromatic heterocycles. The quantitative estimate of drug-likeness (QED) is 0.145. The van der Waals surface area contributed by atoms with Crippen molar-refractivity contribution in [2.24, 2.45) is 47.3 Å². The number of rotatable bonds is 1. The topological polar surface area (TPSA) is 151 Å².